The molecule has 1 heterocycles. The highest BCUT2D eigenvalue weighted by Gasteiger charge is 2.24. The van der Waals surface area contributed by atoms with Crippen molar-refractivity contribution in [3.8, 4) is 5.75 Å². The topological polar surface area (TPSA) is 58.6 Å². The van der Waals surface area contributed by atoms with E-state index in [1.807, 2.05) is 42.5 Å². The lowest BCUT2D eigenvalue weighted by Gasteiger charge is -2.27. The quantitative estimate of drug-likeness (QED) is 0.822. The number of nitrogens with zero attached hydrogens (tertiary/aromatic N) is 1. The highest BCUT2D eigenvalue weighted by Crippen LogP contribution is 2.32. The van der Waals surface area contributed by atoms with E-state index in [-0.39, 0.29) is 17.9 Å². The van der Waals surface area contributed by atoms with E-state index >= 15 is 0 Å². The van der Waals surface area contributed by atoms with E-state index in [1.54, 1.807) is 25.1 Å². The molecule has 0 spiro atoms. The molecule has 0 saturated carbocycles. The predicted octanol–water partition coefficient (Wildman–Crippen LogP) is 3.12. The van der Waals surface area contributed by atoms with Crippen molar-refractivity contribution in [3.63, 3.8) is 0 Å². The Morgan fingerprint density at radius 3 is 2.69 bits per heavy atom. The molecule has 0 aliphatic carbocycles. The van der Waals surface area contributed by atoms with Crippen molar-refractivity contribution < 1.29 is 14.3 Å². The highest BCUT2D eigenvalue weighted by atomic mass is 32.2. The monoisotopic (exact) mass is 370 g/mol. The Labute approximate surface area is 157 Å². The standard InChI is InChI=1S/C20H22N2O3S/c1-22(2)19(23)13-26-18-10-6-4-8-15(18)20(24)21-16-11-12-25-17-9-5-3-7-14(16)17/h3-10,16H,11-13H2,1-2H3,(H,21,24)/t16-/m0/s1. The lowest BCUT2D eigenvalue weighted by molar-refractivity contribution is -0.125. The number of thioether (sulfide) groups is 1. The molecule has 1 atom stereocenters. The van der Waals surface area contributed by atoms with Crippen LogP contribution in [0.2, 0.25) is 0 Å². The number of fused-ring (bicyclic) bond motifs is 1. The van der Waals surface area contributed by atoms with Gasteiger partial charge in [-0.2, -0.15) is 0 Å². The molecule has 136 valence electrons. The molecule has 0 bridgehead atoms. The number of nitrogens with one attached hydrogen (secondary N) is 1. The van der Waals surface area contributed by atoms with E-state index in [1.165, 1.54) is 11.8 Å². The Hall–Kier alpha value is -2.47. The van der Waals surface area contributed by atoms with Gasteiger partial charge in [-0.3, -0.25) is 9.59 Å². The third-order valence-electron chi connectivity index (χ3n) is 4.25. The molecule has 1 aliphatic rings. The predicted molar refractivity (Wildman–Crippen MR) is 103 cm³/mol. The number of benzene rings is 2. The summed E-state index contributed by atoms with van der Waals surface area (Å²) in [7, 11) is 3.45. The maximum atomic E-state index is 12.9. The average Bonchev–Trinajstić information content (AvgIpc) is 2.66. The first-order valence-corrected chi connectivity index (χ1v) is 9.49. The Kier molecular flexibility index (Phi) is 5.83. The number of hydrogen-bond acceptors (Lipinski definition) is 4. The van der Waals surface area contributed by atoms with Gasteiger partial charge in [-0.15, -0.1) is 11.8 Å². The SMILES string of the molecule is CN(C)C(=O)CSc1ccccc1C(=O)N[C@H]1CCOc2ccccc21. The first-order valence-electron chi connectivity index (χ1n) is 8.51. The molecule has 1 N–H and O–H groups in total. The molecule has 0 unspecified atom stereocenters. The number of amides is 2. The number of para-hydroxylation sites is 1. The zero-order valence-corrected chi connectivity index (χ0v) is 15.7. The normalized spacial score (nSPS) is 15.5. The Morgan fingerprint density at radius 1 is 1.15 bits per heavy atom. The van der Waals surface area contributed by atoms with Gasteiger partial charge in [0, 0.05) is 31.0 Å². The van der Waals surface area contributed by atoms with Crippen molar-refractivity contribution in [1.82, 2.24) is 10.2 Å². The second kappa shape index (κ2) is 8.27. The first-order chi connectivity index (χ1) is 12.6. The number of carbonyl (C=O) groups is 2. The Bertz CT molecular complexity index is 807. The fourth-order valence-corrected chi connectivity index (χ4v) is 3.80. The van der Waals surface area contributed by atoms with Crippen LogP contribution in [0, 0.1) is 0 Å². The zero-order valence-electron chi connectivity index (χ0n) is 14.9. The average molecular weight is 370 g/mol. The Morgan fingerprint density at radius 2 is 1.88 bits per heavy atom. The summed E-state index contributed by atoms with van der Waals surface area (Å²) in [6.45, 7) is 0.579. The van der Waals surface area contributed by atoms with Gasteiger partial charge >= 0.3 is 0 Å². The van der Waals surface area contributed by atoms with Crippen molar-refractivity contribution in [2.45, 2.75) is 17.4 Å². The van der Waals surface area contributed by atoms with Crippen LogP contribution in [-0.4, -0.2) is 43.2 Å². The second-order valence-electron chi connectivity index (χ2n) is 6.27. The fraction of sp³-hybridized carbons (Fsp3) is 0.300. The van der Waals surface area contributed by atoms with Gasteiger partial charge in [0.25, 0.3) is 5.91 Å². The van der Waals surface area contributed by atoms with Gasteiger partial charge in [0.05, 0.1) is 24.0 Å². The van der Waals surface area contributed by atoms with Gasteiger partial charge in [-0.05, 0) is 18.2 Å². The maximum Gasteiger partial charge on any atom is 0.252 e. The summed E-state index contributed by atoms with van der Waals surface area (Å²) in [5, 5.41) is 3.11. The second-order valence-corrected chi connectivity index (χ2v) is 7.29. The lowest BCUT2D eigenvalue weighted by atomic mass is 10.00. The van der Waals surface area contributed by atoms with E-state index in [0.717, 1.165) is 22.6 Å². The van der Waals surface area contributed by atoms with Gasteiger partial charge in [0.2, 0.25) is 5.91 Å². The number of carbonyl (C=O) groups excluding carboxylic acids is 2. The first kappa shape index (κ1) is 18.3. The molecule has 26 heavy (non-hydrogen) atoms. The number of rotatable bonds is 5. The van der Waals surface area contributed by atoms with E-state index in [0.29, 0.717) is 17.9 Å². The third-order valence-corrected chi connectivity index (χ3v) is 5.30. The molecule has 0 saturated heterocycles. The van der Waals surface area contributed by atoms with Crippen molar-refractivity contribution >= 4 is 23.6 Å². The van der Waals surface area contributed by atoms with E-state index in [4.69, 9.17) is 4.74 Å². The summed E-state index contributed by atoms with van der Waals surface area (Å²) < 4.78 is 5.65. The highest BCUT2D eigenvalue weighted by molar-refractivity contribution is 8.00. The fourth-order valence-electron chi connectivity index (χ4n) is 2.78. The maximum absolute atomic E-state index is 12.9. The van der Waals surface area contributed by atoms with Crippen molar-refractivity contribution in [2.24, 2.45) is 0 Å². The van der Waals surface area contributed by atoms with Crippen LogP contribution < -0.4 is 10.1 Å². The largest absolute Gasteiger partial charge is 0.493 e. The summed E-state index contributed by atoms with van der Waals surface area (Å²) in [6.07, 6.45) is 0.733. The van der Waals surface area contributed by atoms with Gasteiger partial charge in [-0.25, -0.2) is 0 Å². The van der Waals surface area contributed by atoms with Crippen LogP contribution >= 0.6 is 11.8 Å². The van der Waals surface area contributed by atoms with Crippen molar-refractivity contribution in [2.75, 3.05) is 26.5 Å². The molecule has 0 fully saturated rings. The van der Waals surface area contributed by atoms with E-state index in [9.17, 15) is 9.59 Å². The third kappa shape index (κ3) is 4.19. The van der Waals surface area contributed by atoms with E-state index in [2.05, 4.69) is 5.32 Å². The minimum absolute atomic E-state index is 0.0172. The molecule has 5 nitrogen and oxygen atoms in total. The Balaban J connectivity index is 1.74. The van der Waals surface area contributed by atoms with Crippen LogP contribution in [0.3, 0.4) is 0 Å². The van der Waals surface area contributed by atoms with E-state index < -0.39 is 0 Å². The molecule has 0 aromatic heterocycles. The van der Waals surface area contributed by atoms with Gasteiger partial charge < -0.3 is 15.0 Å². The molecule has 2 amide bonds. The van der Waals surface area contributed by atoms with Crippen LogP contribution in [0.15, 0.2) is 53.4 Å². The van der Waals surface area contributed by atoms with Crippen LogP contribution in [0.25, 0.3) is 0 Å². The summed E-state index contributed by atoms with van der Waals surface area (Å²) in [5.41, 5.74) is 1.59. The van der Waals surface area contributed by atoms with Crippen LogP contribution in [0.5, 0.6) is 5.75 Å². The van der Waals surface area contributed by atoms with Crippen molar-refractivity contribution in [1.29, 1.82) is 0 Å². The van der Waals surface area contributed by atoms with Crippen LogP contribution in [0.4, 0.5) is 0 Å². The summed E-state index contributed by atoms with van der Waals surface area (Å²) >= 11 is 1.38. The molecule has 1 aliphatic heterocycles. The minimum Gasteiger partial charge on any atom is -0.493 e. The van der Waals surface area contributed by atoms with Crippen molar-refractivity contribution in [3.05, 3.63) is 59.7 Å². The molecule has 3 rings (SSSR count). The number of ether oxygens (including phenoxy) is 1. The van der Waals surface area contributed by atoms with Crippen LogP contribution in [0.1, 0.15) is 28.4 Å². The minimum atomic E-state index is -0.132. The summed E-state index contributed by atoms with van der Waals surface area (Å²) in [4.78, 5) is 27.1. The molecular formula is C20H22N2O3S. The molecule has 2 aromatic carbocycles. The van der Waals surface area contributed by atoms with Gasteiger partial charge in [-0.1, -0.05) is 30.3 Å². The van der Waals surface area contributed by atoms with Crippen LogP contribution in [-0.2, 0) is 4.79 Å². The molecule has 2 aromatic rings. The molecular weight excluding hydrogens is 348 g/mol. The molecule has 6 heteroatoms. The van der Waals surface area contributed by atoms with Gasteiger partial charge in [0.15, 0.2) is 0 Å². The zero-order chi connectivity index (χ0) is 18.5. The summed E-state index contributed by atoms with van der Waals surface area (Å²) in [5.74, 6) is 1.01. The summed E-state index contributed by atoms with van der Waals surface area (Å²) in [6, 6.07) is 15.1. The molecule has 0 radical (unpaired) electrons. The number of hydrogen-bond donors (Lipinski definition) is 1. The lowest BCUT2D eigenvalue weighted by Crippen LogP contribution is -2.32. The van der Waals surface area contributed by atoms with Gasteiger partial charge in [0.1, 0.15) is 5.75 Å². The smallest absolute Gasteiger partial charge is 0.252 e.